The average molecular weight is 328 g/mol. The third-order valence-electron chi connectivity index (χ3n) is 6.25. The molecular formula is C19H24N2OS. The standard InChI is InChI=1S/C19H24N2OS/c1-13-4-3-5-15(12-21-18-8-14(9-18)10-18)19(13,22-2)17-7-6-16(11-20)23-17/h6-7,12-14,21H,3-5,8-10H2,1-2H3/b15-12-. The van der Waals surface area contributed by atoms with Crippen LogP contribution in [0.3, 0.4) is 0 Å². The van der Waals surface area contributed by atoms with Crippen LogP contribution in [-0.2, 0) is 10.3 Å². The number of nitrogens with zero attached hydrogens (tertiary/aromatic N) is 1. The molecule has 0 aromatic carbocycles. The van der Waals surface area contributed by atoms with Crippen molar-refractivity contribution in [3.8, 4) is 6.07 Å². The largest absolute Gasteiger partial charge is 0.385 e. The predicted molar refractivity (Wildman–Crippen MR) is 92.0 cm³/mol. The molecule has 0 amide bonds. The van der Waals surface area contributed by atoms with Crippen molar-refractivity contribution in [3.05, 3.63) is 33.7 Å². The Morgan fingerprint density at radius 2 is 2.17 bits per heavy atom. The third kappa shape index (κ3) is 2.17. The van der Waals surface area contributed by atoms with E-state index in [4.69, 9.17) is 4.74 Å². The zero-order valence-electron chi connectivity index (χ0n) is 13.9. The normalized spacial score (nSPS) is 40.1. The Hall–Kier alpha value is -1.31. The van der Waals surface area contributed by atoms with Crippen LogP contribution in [0.15, 0.2) is 23.9 Å². The minimum Gasteiger partial charge on any atom is -0.385 e. The van der Waals surface area contributed by atoms with E-state index in [2.05, 4.69) is 30.6 Å². The Labute approximate surface area is 142 Å². The van der Waals surface area contributed by atoms with Crippen molar-refractivity contribution in [2.24, 2.45) is 11.8 Å². The van der Waals surface area contributed by atoms with E-state index in [-0.39, 0.29) is 5.60 Å². The quantitative estimate of drug-likeness (QED) is 0.896. The second kappa shape index (κ2) is 5.36. The minimum atomic E-state index is -0.367. The molecule has 2 bridgehead atoms. The molecule has 122 valence electrons. The van der Waals surface area contributed by atoms with Crippen LogP contribution < -0.4 is 5.32 Å². The average Bonchev–Trinajstić information content (AvgIpc) is 2.94. The van der Waals surface area contributed by atoms with Crippen molar-refractivity contribution >= 4 is 11.3 Å². The topological polar surface area (TPSA) is 45.0 Å². The summed E-state index contributed by atoms with van der Waals surface area (Å²) in [5.41, 5.74) is 1.38. The Kier molecular flexibility index (Phi) is 3.55. The number of nitrogens with one attached hydrogen (secondary N) is 1. The molecule has 4 saturated carbocycles. The number of hydrogen-bond donors (Lipinski definition) is 1. The molecule has 1 N–H and O–H groups in total. The molecule has 4 aliphatic carbocycles. The van der Waals surface area contributed by atoms with E-state index in [0.717, 1.165) is 23.6 Å². The molecule has 4 aliphatic rings. The summed E-state index contributed by atoms with van der Waals surface area (Å²) < 4.78 is 6.17. The Bertz CT molecular complexity index is 669. The van der Waals surface area contributed by atoms with Gasteiger partial charge in [-0.3, -0.25) is 0 Å². The fourth-order valence-corrected chi connectivity index (χ4v) is 5.93. The number of nitriles is 1. The SMILES string of the molecule is COC1(c2ccc(C#N)s2)/C(=C\NC23CC(C2)C3)CCCC1C. The van der Waals surface area contributed by atoms with Gasteiger partial charge in [-0.05, 0) is 74.3 Å². The van der Waals surface area contributed by atoms with Gasteiger partial charge in [-0.15, -0.1) is 11.3 Å². The van der Waals surface area contributed by atoms with E-state index in [0.29, 0.717) is 11.5 Å². The minimum absolute atomic E-state index is 0.367. The zero-order chi connectivity index (χ0) is 16.1. The smallest absolute Gasteiger partial charge is 0.127 e. The van der Waals surface area contributed by atoms with Crippen molar-refractivity contribution in [1.82, 2.24) is 5.32 Å². The van der Waals surface area contributed by atoms with Crippen molar-refractivity contribution in [3.63, 3.8) is 0 Å². The molecule has 1 heterocycles. The first kappa shape index (κ1) is 15.2. The lowest BCUT2D eigenvalue weighted by Gasteiger charge is -2.62. The van der Waals surface area contributed by atoms with Crippen LogP contribution >= 0.6 is 11.3 Å². The number of rotatable bonds is 4. The van der Waals surface area contributed by atoms with Crippen LogP contribution in [0.1, 0.15) is 55.2 Å². The summed E-state index contributed by atoms with van der Waals surface area (Å²) in [6.45, 7) is 2.28. The van der Waals surface area contributed by atoms with Crippen molar-refractivity contribution in [2.45, 2.75) is 56.6 Å². The van der Waals surface area contributed by atoms with Gasteiger partial charge >= 0.3 is 0 Å². The predicted octanol–water partition coefficient (Wildman–Crippen LogP) is 4.31. The monoisotopic (exact) mass is 328 g/mol. The highest BCUT2D eigenvalue weighted by Crippen LogP contribution is 2.57. The van der Waals surface area contributed by atoms with Gasteiger partial charge in [-0.25, -0.2) is 0 Å². The molecule has 23 heavy (non-hydrogen) atoms. The van der Waals surface area contributed by atoms with E-state index in [9.17, 15) is 5.26 Å². The molecule has 5 rings (SSSR count). The van der Waals surface area contributed by atoms with Crippen molar-refractivity contribution in [2.75, 3.05) is 7.11 Å². The van der Waals surface area contributed by atoms with Crippen LogP contribution in [0.4, 0.5) is 0 Å². The van der Waals surface area contributed by atoms with Crippen molar-refractivity contribution < 1.29 is 4.74 Å². The first-order chi connectivity index (χ1) is 11.1. The lowest BCUT2D eigenvalue weighted by atomic mass is 9.50. The molecule has 0 aliphatic heterocycles. The zero-order valence-corrected chi connectivity index (χ0v) is 14.7. The summed E-state index contributed by atoms with van der Waals surface area (Å²) in [7, 11) is 1.82. The Morgan fingerprint density at radius 3 is 2.74 bits per heavy atom. The van der Waals surface area contributed by atoms with Gasteiger partial charge in [0.15, 0.2) is 0 Å². The highest BCUT2D eigenvalue weighted by atomic mass is 32.1. The molecule has 0 radical (unpaired) electrons. The maximum Gasteiger partial charge on any atom is 0.127 e. The van der Waals surface area contributed by atoms with Crippen LogP contribution in [0.25, 0.3) is 0 Å². The number of thiophene rings is 1. The number of hydrogen-bond acceptors (Lipinski definition) is 4. The van der Waals surface area contributed by atoms with Gasteiger partial charge in [0.05, 0.1) is 0 Å². The summed E-state index contributed by atoms with van der Waals surface area (Å²) in [5.74, 6) is 1.40. The lowest BCUT2D eigenvalue weighted by Crippen LogP contribution is -2.65. The molecule has 4 heteroatoms. The highest BCUT2D eigenvalue weighted by Gasteiger charge is 2.56. The molecule has 2 atom stereocenters. The summed E-state index contributed by atoms with van der Waals surface area (Å²) in [5, 5.41) is 12.9. The van der Waals surface area contributed by atoms with Gasteiger partial charge in [0.1, 0.15) is 16.5 Å². The van der Waals surface area contributed by atoms with E-state index in [1.165, 1.54) is 36.1 Å². The first-order valence-electron chi connectivity index (χ1n) is 8.65. The van der Waals surface area contributed by atoms with Crippen molar-refractivity contribution in [1.29, 1.82) is 5.26 Å². The second-order valence-corrected chi connectivity index (χ2v) is 8.67. The number of ether oxygens (including phenoxy) is 1. The summed E-state index contributed by atoms with van der Waals surface area (Å²) >= 11 is 1.58. The lowest BCUT2D eigenvalue weighted by molar-refractivity contribution is -0.0497. The van der Waals surface area contributed by atoms with E-state index >= 15 is 0 Å². The Balaban J connectivity index is 1.69. The summed E-state index contributed by atoms with van der Waals surface area (Å²) in [6.07, 6.45) is 9.73. The van der Waals surface area contributed by atoms with Crippen LogP contribution in [0.2, 0.25) is 0 Å². The summed E-state index contributed by atoms with van der Waals surface area (Å²) in [4.78, 5) is 1.94. The fraction of sp³-hybridized carbons (Fsp3) is 0.632. The van der Waals surface area contributed by atoms with Gasteiger partial charge in [0, 0.05) is 17.5 Å². The maximum absolute atomic E-state index is 9.19. The van der Waals surface area contributed by atoms with E-state index in [1.54, 1.807) is 11.3 Å². The highest BCUT2D eigenvalue weighted by molar-refractivity contribution is 7.12. The molecule has 1 aromatic heterocycles. The van der Waals surface area contributed by atoms with Crippen LogP contribution in [-0.4, -0.2) is 12.6 Å². The fourth-order valence-electron chi connectivity index (χ4n) is 4.81. The maximum atomic E-state index is 9.19. The van der Waals surface area contributed by atoms with Gasteiger partial charge in [0.25, 0.3) is 0 Å². The van der Waals surface area contributed by atoms with Gasteiger partial charge < -0.3 is 10.1 Å². The van der Waals surface area contributed by atoms with E-state index in [1.807, 2.05) is 13.2 Å². The van der Waals surface area contributed by atoms with Gasteiger partial charge in [-0.2, -0.15) is 5.26 Å². The molecule has 2 unspecified atom stereocenters. The molecular weight excluding hydrogens is 304 g/mol. The third-order valence-corrected chi connectivity index (χ3v) is 7.36. The van der Waals surface area contributed by atoms with Gasteiger partial charge in [0.2, 0.25) is 0 Å². The number of methoxy groups -OCH3 is 1. The van der Waals surface area contributed by atoms with Gasteiger partial charge in [-0.1, -0.05) is 6.92 Å². The van der Waals surface area contributed by atoms with Crippen LogP contribution in [0.5, 0.6) is 0 Å². The second-order valence-electron chi connectivity index (χ2n) is 7.58. The first-order valence-corrected chi connectivity index (χ1v) is 9.46. The Morgan fingerprint density at radius 1 is 1.39 bits per heavy atom. The molecule has 1 aromatic rings. The summed E-state index contributed by atoms with van der Waals surface area (Å²) in [6, 6.07) is 6.28. The molecule has 0 saturated heterocycles. The van der Waals surface area contributed by atoms with E-state index < -0.39 is 0 Å². The molecule has 0 spiro atoms. The molecule has 4 fully saturated rings. The molecule has 3 nitrogen and oxygen atoms in total. The van der Waals surface area contributed by atoms with Crippen LogP contribution in [0, 0.1) is 23.2 Å².